The maximum atomic E-state index is 12.7. The maximum Gasteiger partial charge on any atom is 0.311 e. The third-order valence-electron chi connectivity index (χ3n) is 8.14. The Hall–Kier alpha value is -0.570. The average molecular weight is 438 g/mol. The van der Waals surface area contributed by atoms with Gasteiger partial charge in [-0.05, 0) is 79.6 Å². The first kappa shape index (κ1) is 28.5. The Bertz CT molecular complexity index is 593. The summed E-state index contributed by atoms with van der Waals surface area (Å²) in [5, 5.41) is 0. The van der Waals surface area contributed by atoms with Crippen LogP contribution in [0.5, 0.6) is 0 Å². The Balaban J connectivity index is 2.95. The zero-order valence-corrected chi connectivity index (χ0v) is 23.4. The molecule has 0 radical (unpaired) electrons. The van der Waals surface area contributed by atoms with Crippen molar-refractivity contribution < 1.29 is 9.53 Å². The van der Waals surface area contributed by atoms with Crippen LogP contribution in [0.15, 0.2) is 0 Å². The first-order chi connectivity index (χ1) is 13.7. The van der Waals surface area contributed by atoms with Crippen LogP contribution in [0.1, 0.15) is 108 Å². The van der Waals surface area contributed by atoms with Gasteiger partial charge in [-0.2, -0.15) is 0 Å². The topological polar surface area (TPSA) is 29.5 Å². The van der Waals surface area contributed by atoms with E-state index in [1.807, 2.05) is 0 Å². The molecule has 184 valence electrons. The number of carbonyl (C=O) groups is 1. The maximum absolute atomic E-state index is 12.7. The van der Waals surface area contributed by atoms with E-state index in [1.54, 1.807) is 0 Å². The fourth-order valence-electron chi connectivity index (χ4n) is 5.96. The lowest BCUT2D eigenvalue weighted by Gasteiger charge is -2.46. The average Bonchev–Trinajstić information content (AvgIpc) is 2.87. The van der Waals surface area contributed by atoms with Crippen LogP contribution in [0.3, 0.4) is 0 Å². The van der Waals surface area contributed by atoms with Gasteiger partial charge in [0.05, 0.1) is 12.5 Å². The molecule has 1 aliphatic heterocycles. The van der Waals surface area contributed by atoms with Crippen LogP contribution >= 0.6 is 0 Å². The van der Waals surface area contributed by atoms with Gasteiger partial charge >= 0.3 is 5.97 Å². The summed E-state index contributed by atoms with van der Waals surface area (Å²) in [5.41, 5.74) is 0.397. The van der Waals surface area contributed by atoms with Gasteiger partial charge in [0.2, 0.25) is 0 Å². The Labute approximate surface area is 195 Å². The second kappa shape index (κ2) is 9.74. The van der Waals surface area contributed by atoms with E-state index in [2.05, 4.69) is 88.1 Å². The van der Waals surface area contributed by atoms with Gasteiger partial charge in [0.1, 0.15) is 0 Å². The standard InChI is InChI=1S/C28H55NO2/c1-24(2,3)16-21-18-29(12)19-22(21)17-27(9,10)26(7,8)14-15-28(11,23(30)31-13)20-25(4,5)6/h21-22H,14-20H2,1-13H3. The molecule has 0 spiro atoms. The highest BCUT2D eigenvalue weighted by Gasteiger charge is 2.45. The van der Waals surface area contributed by atoms with E-state index >= 15 is 0 Å². The van der Waals surface area contributed by atoms with Gasteiger partial charge in [0.15, 0.2) is 0 Å². The number of esters is 1. The molecule has 0 aromatic carbocycles. The summed E-state index contributed by atoms with van der Waals surface area (Å²) < 4.78 is 5.25. The summed E-state index contributed by atoms with van der Waals surface area (Å²) in [6.07, 6.45) is 5.31. The van der Waals surface area contributed by atoms with Crippen molar-refractivity contribution in [3.05, 3.63) is 0 Å². The zero-order valence-electron chi connectivity index (χ0n) is 23.4. The molecule has 1 saturated heterocycles. The van der Waals surface area contributed by atoms with Crippen LogP contribution in [-0.4, -0.2) is 38.1 Å². The van der Waals surface area contributed by atoms with Crippen molar-refractivity contribution in [3.63, 3.8) is 0 Å². The van der Waals surface area contributed by atoms with E-state index < -0.39 is 5.41 Å². The van der Waals surface area contributed by atoms with Crippen molar-refractivity contribution in [2.24, 2.45) is 38.9 Å². The number of methoxy groups -OCH3 is 1. The summed E-state index contributed by atoms with van der Waals surface area (Å²) in [7, 11) is 3.81. The van der Waals surface area contributed by atoms with E-state index in [-0.39, 0.29) is 22.2 Å². The van der Waals surface area contributed by atoms with Crippen LogP contribution in [0.25, 0.3) is 0 Å². The minimum Gasteiger partial charge on any atom is -0.469 e. The van der Waals surface area contributed by atoms with Gasteiger partial charge in [-0.25, -0.2) is 0 Å². The SMILES string of the molecule is COC(=O)C(C)(CCC(C)(C)C(C)(C)CC1CN(C)CC1CC(C)(C)C)CC(C)(C)C. The van der Waals surface area contributed by atoms with Gasteiger partial charge in [0.25, 0.3) is 0 Å². The molecule has 0 aromatic rings. The Morgan fingerprint density at radius 1 is 0.774 bits per heavy atom. The second-order valence-electron chi connectivity index (χ2n) is 14.8. The number of hydrogen-bond donors (Lipinski definition) is 0. The van der Waals surface area contributed by atoms with Gasteiger partial charge in [-0.3, -0.25) is 4.79 Å². The van der Waals surface area contributed by atoms with Crippen LogP contribution in [-0.2, 0) is 9.53 Å². The highest BCUT2D eigenvalue weighted by molar-refractivity contribution is 5.76. The number of likely N-dealkylation sites (tertiary alicyclic amines) is 1. The quantitative estimate of drug-likeness (QED) is 0.351. The minimum absolute atomic E-state index is 0.0568. The molecule has 1 fully saturated rings. The molecule has 31 heavy (non-hydrogen) atoms. The number of ether oxygens (including phenoxy) is 1. The Kier molecular flexibility index (Phi) is 8.94. The first-order valence-corrected chi connectivity index (χ1v) is 12.5. The highest BCUT2D eigenvalue weighted by Crippen LogP contribution is 2.51. The molecule has 1 aliphatic rings. The van der Waals surface area contributed by atoms with Crippen LogP contribution in [0.4, 0.5) is 0 Å². The van der Waals surface area contributed by atoms with Gasteiger partial charge < -0.3 is 9.64 Å². The summed E-state index contributed by atoms with van der Waals surface area (Å²) in [4.78, 5) is 15.3. The molecule has 0 amide bonds. The van der Waals surface area contributed by atoms with Crippen LogP contribution < -0.4 is 0 Å². The fourth-order valence-corrected chi connectivity index (χ4v) is 5.96. The molecule has 1 rings (SSSR count). The highest BCUT2D eigenvalue weighted by atomic mass is 16.5. The lowest BCUT2D eigenvalue weighted by molar-refractivity contribution is -0.154. The van der Waals surface area contributed by atoms with Crippen molar-refractivity contribution in [2.45, 2.75) is 108 Å². The molecule has 0 aliphatic carbocycles. The van der Waals surface area contributed by atoms with E-state index in [1.165, 1.54) is 33.0 Å². The molecule has 0 N–H and O–H groups in total. The predicted octanol–water partition coefficient (Wildman–Crippen LogP) is 7.44. The normalized spacial score (nSPS) is 23.6. The lowest BCUT2D eigenvalue weighted by Crippen LogP contribution is -2.39. The minimum atomic E-state index is -0.428. The fraction of sp³-hybridized carbons (Fsp3) is 0.964. The van der Waals surface area contributed by atoms with Crippen LogP contribution in [0.2, 0.25) is 0 Å². The zero-order chi connectivity index (χ0) is 24.5. The van der Waals surface area contributed by atoms with Crippen molar-refractivity contribution in [1.82, 2.24) is 4.90 Å². The summed E-state index contributed by atoms with van der Waals surface area (Å²) in [6, 6.07) is 0. The smallest absolute Gasteiger partial charge is 0.311 e. The van der Waals surface area contributed by atoms with E-state index in [0.717, 1.165) is 31.1 Å². The molecule has 0 bridgehead atoms. The van der Waals surface area contributed by atoms with Gasteiger partial charge in [-0.1, -0.05) is 69.2 Å². The predicted molar refractivity (Wildman–Crippen MR) is 134 cm³/mol. The molecule has 3 atom stereocenters. The molecular weight excluding hydrogens is 382 g/mol. The van der Waals surface area contributed by atoms with Crippen molar-refractivity contribution in [2.75, 3.05) is 27.2 Å². The summed E-state index contributed by atoms with van der Waals surface area (Å²) >= 11 is 0. The number of hydrogen-bond acceptors (Lipinski definition) is 3. The Morgan fingerprint density at radius 2 is 1.26 bits per heavy atom. The van der Waals surface area contributed by atoms with Crippen molar-refractivity contribution in [3.8, 4) is 0 Å². The summed E-state index contributed by atoms with van der Waals surface area (Å²) in [6.45, 7) is 28.1. The largest absolute Gasteiger partial charge is 0.469 e. The molecule has 0 aromatic heterocycles. The molecule has 3 nitrogen and oxygen atoms in total. The second-order valence-corrected chi connectivity index (χ2v) is 14.8. The van der Waals surface area contributed by atoms with Gasteiger partial charge in [-0.15, -0.1) is 0 Å². The monoisotopic (exact) mass is 437 g/mol. The number of rotatable bonds is 9. The van der Waals surface area contributed by atoms with E-state index in [0.29, 0.717) is 5.41 Å². The van der Waals surface area contributed by atoms with Gasteiger partial charge in [0, 0.05) is 13.1 Å². The molecule has 3 heteroatoms. The van der Waals surface area contributed by atoms with E-state index in [9.17, 15) is 4.79 Å². The lowest BCUT2D eigenvalue weighted by atomic mass is 9.59. The number of carbonyl (C=O) groups excluding carboxylic acids is 1. The molecule has 3 unspecified atom stereocenters. The molecule has 0 saturated carbocycles. The third-order valence-corrected chi connectivity index (χ3v) is 8.14. The number of nitrogens with zero attached hydrogens (tertiary/aromatic N) is 1. The molecular formula is C28H55NO2. The molecule has 1 heterocycles. The van der Waals surface area contributed by atoms with E-state index in [4.69, 9.17) is 4.74 Å². The Morgan fingerprint density at radius 3 is 1.68 bits per heavy atom. The van der Waals surface area contributed by atoms with Crippen molar-refractivity contribution >= 4 is 5.97 Å². The van der Waals surface area contributed by atoms with Crippen molar-refractivity contribution in [1.29, 1.82) is 0 Å². The van der Waals surface area contributed by atoms with Crippen LogP contribution in [0, 0.1) is 38.9 Å². The third kappa shape index (κ3) is 8.37. The first-order valence-electron chi connectivity index (χ1n) is 12.5. The summed E-state index contributed by atoms with van der Waals surface area (Å²) in [5.74, 6) is 1.47.